The van der Waals surface area contributed by atoms with Crippen LogP contribution in [0.15, 0.2) is 77.3 Å². The van der Waals surface area contributed by atoms with E-state index < -0.39 is 0 Å². The lowest BCUT2D eigenvalue weighted by atomic mass is 10.1. The molecule has 2 amide bonds. The molecule has 0 bridgehead atoms. The molecular formula is C25H24BrN3O2S. The standard InChI is InChI=1S/C25H24BrN3O2S/c1-17-12-13-19(16-21(17)26)23(30)28-25(32)29(2)22-11-7-6-10-20(22)24(31)27-15-14-18-8-4-3-5-9-18/h3-13,16H,14-15H2,1-2H3,(H,27,31)(H,28,30,32). The fourth-order valence-electron chi connectivity index (χ4n) is 3.12. The number of nitrogens with one attached hydrogen (secondary N) is 2. The van der Waals surface area contributed by atoms with Crippen LogP contribution in [0.4, 0.5) is 5.69 Å². The molecule has 32 heavy (non-hydrogen) atoms. The molecule has 0 saturated carbocycles. The van der Waals surface area contributed by atoms with Crippen LogP contribution in [0.3, 0.4) is 0 Å². The van der Waals surface area contributed by atoms with Gasteiger partial charge in [0.05, 0.1) is 11.3 Å². The van der Waals surface area contributed by atoms with Crippen molar-refractivity contribution in [3.05, 3.63) is 99.5 Å². The lowest BCUT2D eigenvalue weighted by Gasteiger charge is -2.23. The molecule has 7 heteroatoms. The number of aryl methyl sites for hydroxylation is 1. The van der Waals surface area contributed by atoms with Crippen molar-refractivity contribution >= 4 is 50.8 Å². The van der Waals surface area contributed by atoms with Gasteiger partial charge >= 0.3 is 0 Å². The summed E-state index contributed by atoms with van der Waals surface area (Å²) in [5.41, 5.74) is 3.78. The Morgan fingerprint density at radius 2 is 1.66 bits per heavy atom. The summed E-state index contributed by atoms with van der Waals surface area (Å²) in [6.07, 6.45) is 0.741. The summed E-state index contributed by atoms with van der Waals surface area (Å²) in [6.45, 7) is 2.47. The molecule has 3 aromatic carbocycles. The summed E-state index contributed by atoms with van der Waals surface area (Å²) in [4.78, 5) is 27.1. The van der Waals surface area contributed by atoms with E-state index in [1.54, 1.807) is 42.3 Å². The number of rotatable bonds is 6. The Kier molecular flexibility index (Phi) is 8.14. The third-order valence-corrected chi connectivity index (χ3v) is 6.24. The lowest BCUT2D eigenvalue weighted by Crippen LogP contribution is -2.41. The van der Waals surface area contributed by atoms with Gasteiger partial charge in [-0.25, -0.2) is 0 Å². The van der Waals surface area contributed by atoms with Crippen molar-refractivity contribution < 1.29 is 9.59 Å². The molecule has 0 unspecified atom stereocenters. The van der Waals surface area contributed by atoms with Crippen LogP contribution in [0.5, 0.6) is 0 Å². The number of amides is 2. The smallest absolute Gasteiger partial charge is 0.257 e. The summed E-state index contributed by atoms with van der Waals surface area (Å²) in [5.74, 6) is -0.507. The van der Waals surface area contributed by atoms with Crippen molar-refractivity contribution in [3.63, 3.8) is 0 Å². The number of carbonyl (C=O) groups is 2. The Labute approximate surface area is 202 Å². The first-order valence-corrected chi connectivity index (χ1v) is 11.3. The summed E-state index contributed by atoms with van der Waals surface area (Å²) < 4.78 is 0.849. The second kappa shape index (κ2) is 11.0. The minimum atomic E-state index is -0.313. The second-order valence-corrected chi connectivity index (χ2v) is 8.53. The van der Waals surface area contributed by atoms with E-state index in [1.165, 1.54) is 0 Å². The quantitative estimate of drug-likeness (QED) is 0.464. The molecule has 3 aromatic rings. The number of nitrogens with zero attached hydrogens (tertiary/aromatic N) is 1. The molecule has 0 aromatic heterocycles. The molecule has 2 N–H and O–H groups in total. The van der Waals surface area contributed by atoms with E-state index in [9.17, 15) is 9.59 Å². The highest BCUT2D eigenvalue weighted by atomic mass is 79.9. The summed E-state index contributed by atoms with van der Waals surface area (Å²) in [7, 11) is 1.73. The minimum absolute atomic E-state index is 0.194. The van der Waals surface area contributed by atoms with Gasteiger partial charge in [-0.05, 0) is 61.0 Å². The Morgan fingerprint density at radius 1 is 0.969 bits per heavy atom. The van der Waals surface area contributed by atoms with Gasteiger partial charge in [0, 0.05) is 23.6 Å². The van der Waals surface area contributed by atoms with Crippen LogP contribution in [0, 0.1) is 6.92 Å². The fraction of sp³-hybridized carbons (Fsp3) is 0.160. The van der Waals surface area contributed by atoms with Crippen molar-refractivity contribution in [2.75, 3.05) is 18.5 Å². The van der Waals surface area contributed by atoms with E-state index in [1.807, 2.05) is 49.4 Å². The molecule has 5 nitrogen and oxygen atoms in total. The summed E-state index contributed by atoms with van der Waals surface area (Å²) in [5, 5.41) is 5.90. The molecule has 0 saturated heterocycles. The number of carbonyl (C=O) groups excluding carboxylic acids is 2. The molecule has 0 spiro atoms. The molecule has 0 aliphatic carbocycles. The molecule has 0 aliphatic heterocycles. The third kappa shape index (κ3) is 6.02. The van der Waals surface area contributed by atoms with Gasteiger partial charge in [-0.15, -0.1) is 0 Å². The largest absolute Gasteiger partial charge is 0.352 e. The number of hydrogen-bond donors (Lipinski definition) is 2. The van der Waals surface area contributed by atoms with Crippen LogP contribution >= 0.6 is 28.1 Å². The van der Waals surface area contributed by atoms with E-state index in [0.717, 1.165) is 22.0 Å². The first kappa shape index (κ1) is 23.6. The van der Waals surface area contributed by atoms with Crippen LogP contribution < -0.4 is 15.5 Å². The maximum atomic E-state index is 12.8. The molecule has 0 aliphatic rings. The zero-order valence-corrected chi connectivity index (χ0v) is 20.3. The van der Waals surface area contributed by atoms with E-state index in [0.29, 0.717) is 23.4 Å². The monoisotopic (exact) mass is 509 g/mol. The van der Waals surface area contributed by atoms with E-state index in [4.69, 9.17) is 12.2 Å². The van der Waals surface area contributed by atoms with Crippen LogP contribution in [-0.2, 0) is 6.42 Å². The van der Waals surface area contributed by atoms with Crippen molar-refractivity contribution in [3.8, 4) is 0 Å². The average Bonchev–Trinajstić information content (AvgIpc) is 2.80. The van der Waals surface area contributed by atoms with Gasteiger partial charge in [-0.2, -0.15) is 0 Å². The van der Waals surface area contributed by atoms with Crippen molar-refractivity contribution in [1.82, 2.24) is 10.6 Å². The molecule has 3 rings (SSSR count). The van der Waals surface area contributed by atoms with Crippen LogP contribution in [-0.4, -0.2) is 30.5 Å². The number of halogens is 1. The Balaban J connectivity index is 1.66. The van der Waals surface area contributed by atoms with E-state index in [-0.39, 0.29) is 16.9 Å². The highest BCUT2D eigenvalue weighted by molar-refractivity contribution is 9.10. The maximum Gasteiger partial charge on any atom is 0.257 e. The predicted octanol–water partition coefficient (Wildman–Crippen LogP) is 4.88. The Hall–Kier alpha value is -3.03. The highest BCUT2D eigenvalue weighted by Crippen LogP contribution is 2.20. The van der Waals surface area contributed by atoms with Crippen LogP contribution in [0.25, 0.3) is 0 Å². The van der Waals surface area contributed by atoms with Crippen molar-refractivity contribution in [2.24, 2.45) is 0 Å². The van der Waals surface area contributed by atoms with Gasteiger partial charge in [0.25, 0.3) is 11.8 Å². The van der Waals surface area contributed by atoms with Crippen molar-refractivity contribution in [2.45, 2.75) is 13.3 Å². The zero-order valence-electron chi connectivity index (χ0n) is 17.9. The number of para-hydroxylation sites is 1. The Bertz CT molecular complexity index is 1140. The van der Waals surface area contributed by atoms with Gasteiger partial charge in [0.15, 0.2) is 5.11 Å². The molecule has 0 fully saturated rings. The van der Waals surface area contributed by atoms with E-state index >= 15 is 0 Å². The number of hydrogen-bond acceptors (Lipinski definition) is 3. The molecule has 0 radical (unpaired) electrons. The molecular weight excluding hydrogens is 486 g/mol. The predicted molar refractivity (Wildman–Crippen MR) is 136 cm³/mol. The molecule has 0 atom stereocenters. The summed E-state index contributed by atoms with van der Waals surface area (Å²) in [6, 6.07) is 22.5. The first-order valence-electron chi connectivity index (χ1n) is 10.1. The average molecular weight is 510 g/mol. The van der Waals surface area contributed by atoms with E-state index in [2.05, 4.69) is 26.6 Å². The topological polar surface area (TPSA) is 61.4 Å². The second-order valence-electron chi connectivity index (χ2n) is 7.29. The van der Waals surface area contributed by atoms with Gasteiger partial charge in [-0.3, -0.25) is 14.9 Å². The van der Waals surface area contributed by atoms with Crippen LogP contribution in [0.2, 0.25) is 0 Å². The van der Waals surface area contributed by atoms with Gasteiger partial charge < -0.3 is 10.2 Å². The summed E-state index contributed by atoms with van der Waals surface area (Å²) >= 11 is 8.88. The number of benzene rings is 3. The highest BCUT2D eigenvalue weighted by Gasteiger charge is 2.18. The van der Waals surface area contributed by atoms with Gasteiger partial charge in [0.2, 0.25) is 0 Å². The SMILES string of the molecule is Cc1ccc(C(=O)NC(=S)N(C)c2ccccc2C(=O)NCCc2ccccc2)cc1Br. The van der Waals surface area contributed by atoms with Crippen molar-refractivity contribution in [1.29, 1.82) is 0 Å². The third-order valence-electron chi connectivity index (χ3n) is 5.01. The number of thiocarbonyl (C=S) groups is 1. The fourth-order valence-corrected chi connectivity index (χ4v) is 3.68. The lowest BCUT2D eigenvalue weighted by molar-refractivity contribution is 0.0952. The maximum absolute atomic E-state index is 12.8. The van der Waals surface area contributed by atoms with Crippen LogP contribution in [0.1, 0.15) is 31.8 Å². The van der Waals surface area contributed by atoms with Gasteiger partial charge in [0.1, 0.15) is 0 Å². The Morgan fingerprint density at radius 3 is 2.38 bits per heavy atom. The number of anilines is 1. The minimum Gasteiger partial charge on any atom is -0.352 e. The molecule has 164 valence electrons. The molecule has 0 heterocycles. The normalized spacial score (nSPS) is 10.3. The van der Waals surface area contributed by atoms with Gasteiger partial charge in [-0.1, -0.05) is 64.5 Å². The zero-order chi connectivity index (χ0) is 23.1. The first-order chi connectivity index (χ1) is 15.4.